The molecule has 0 radical (unpaired) electrons. The van der Waals surface area contributed by atoms with Gasteiger partial charge in [0.15, 0.2) is 0 Å². The molecule has 0 bridgehead atoms. The number of aromatic nitrogens is 2. The minimum Gasteiger partial charge on any atom is -0.235 e. The molecular formula is C15H6BrClFN3. The largest absolute Gasteiger partial charge is 0.235 e. The van der Waals surface area contributed by atoms with Gasteiger partial charge in [0.05, 0.1) is 17.8 Å². The Morgan fingerprint density at radius 1 is 1.14 bits per heavy atom. The molecule has 21 heavy (non-hydrogen) atoms. The summed E-state index contributed by atoms with van der Waals surface area (Å²) in [6.07, 6.45) is 0. The van der Waals surface area contributed by atoms with Crippen LogP contribution in [0.3, 0.4) is 0 Å². The van der Waals surface area contributed by atoms with Crippen molar-refractivity contribution in [2.45, 2.75) is 0 Å². The molecule has 102 valence electrons. The zero-order valence-corrected chi connectivity index (χ0v) is 12.8. The summed E-state index contributed by atoms with van der Waals surface area (Å²) >= 11 is 9.33. The summed E-state index contributed by atoms with van der Waals surface area (Å²) in [6.45, 7) is 6.89. The van der Waals surface area contributed by atoms with Gasteiger partial charge in [-0.25, -0.2) is 19.2 Å². The zero-order valence-electron chi connectivity index (χ0n) is 10.4. The molecule has 0 aliphatic carbocycles. The molecule has 3 rings (SSSR count). The van der Waals surface area contributed by atoms with Crippen molar-refractivity contribution in [2.24, 2.45) is 0 Å². The minimum atomic E-state index is -0.583. The van der Waals surface area contributed by atoms with E-state index in [4.69, 9.17) is 18.2 Å². The van der Waals surface area contributed by atoms with Crippen molar-refractivity contribution in [1.82, 2.24) is 9.97 Å². The van der Waals surface area contributed by atoms with Crippen LogP contribution in [0.1, 0.15) is 0 Å². The summed E-state index contributed by atoms with van der Waals surface area (Å²) in [5, 5.41) is 0.846. The number of benzene rings is 2. The Balaban J connectivity index is 2.31. The predicted octanol–water partition coefficient (Wildman–Crippen LogP) is 5.40. The predicted molar refractivity (Wildman–Crippen MR) is 83.9 cm³/mol. The van der Waals surface area contributed by atoms with Crippen LogP contribution in [0.5, 0.6) is 0 Å². The summed E-state index contributed by atoms with van der Waals surface area (Å²) in [4.78, 5) is 11.5. The van der Waals surface area contributed by atoms with Crippen LogP contribution in [0.2, 0.25) is 5.28 Å². The van der Waals surface area contributed by atoms with Gasteiger partial charge in [0.2, 0.25) is 11.0 Å². The lowest BCUT2D eigenvalue weighted by molar-refractivity contribution is 0.634. The molecule has 1 aromatic heterocycles. The van der Waals surface area contributed by atoms with E-state index in [1.807, 2.05) is 12.1 Å². The van der Waals surface area contributed by atoms with Crippen LogP contribution in [0.25, 0.3) is 27.0 Å². The second-order valence-corrected chi connectivity index (χ2v) is 5.53. The van der Waals surface area contributed by atoms with Gasteiger partial charge in [0, 0.05) is 15.4 Å². The molecule has 1 heterocycles. The van der Waals surface area contributed by atoms with Crippen LogP contribution in [0.4, 0.5) is 10.1 Å². The summed E-state index contributed by atoms with van der Waals surface area (Å²) < 4.78 is 14.7. The number of nitrogens with zero attached hydrogens (tertiary/aromatic N) is 3. The van der Waals surface area contributed by atoms with E-state index >= 15 is 0 Å². The van der Waals surface area contributed by atoms with E-state index < -0.39 is 5.82 Å². The topological polar surface area (TPSA) is 30.1 Å². The Bertz CT molecular complexity index is 905. The molecule has 0 unspecified atom stereocenters. The second kappa shape index (κ2) is 5.40. The molecular weight excluding hydrogens is 357 g/mol. The van der Waals surface area contributed by atoms with Crippen molar-refractivity contribution < 1.29 is 4.39 Å². The fourth-order valence-corrected chi connectivity index (χ4v) is 2.57. The van der Waals surface area contributed by atoms with E-state index in [-0.39, 0.29) is 11.0 Å². The number of halogens is 3. The lowest BCUT2D eigenvalue weighted by Crippen LogP contribution is -1.92. The maximum absolute atomic E-state index is 13.8. The highest BCUT2D eigenvalue weighted by Gasteiger charge is 2.12. The summed E-state index contributed by atoms with van der Waals surface area (Å²) in [6, 6.07) is 9.86. The molecule has 0 aliphatic rings. The average Bonchev–Trinajstić information content (AvgIpc) is 2.47. The van der Waals surface area contributed by atoms with E-state index in [1.54, 1.807) is 12.1 Å². The molecule has 0 saturated carbocycles. The van der Waals surface area contributed by atoms with E-state index in [0.717, 1.165) is 9.86 Å². The molecule has 3 nitrogen and oxygen atoms in total. The highest BCUT2D eigenvalue weighted by atomic mass is 79.9. The fourth-order valence-electron chi connectivity index (χ4n) is 2.04. The van der Waals surface area contributed by atoms with E-state index in [9.17, 15) is 4.39 Å². The first-order valence-corrected chi connectivity index (χ1v) is 7.06. The van der Waals surface area contributed by atoms with Crippen LogP contribution in [0.15, 0.2) is 40.9 Å². The lowest BCUT2D eigenvalue weighted by atomic mass is 10.1. The van der Waals surface area contributed by atoms with Crippen molar-refractivity contribution in [3.8, 4) is 11.3 Å². The fraction of sp³-hybridized carbons (Fsp3) is 0. The van der Waals surface area contributed by atoms with E-state index in [1.165, 1.54) is 12.1 Å². The highest BCUT2D eigenvalue weighted by molar-refractivity contribution is 9.10. The maximum Gasteiger partial charge on any atom is 0.223 e. The molecule has 0 amide bonds. The molecule has 0 saturated heterocycles. The zero-order chi connectivity index (χ0) is 15.0. The molecule has 0 fully saturated rings. The Kier molecular flexibility index (Phi) is 3.58. The summed E-state index contributed by atoms with van der Waals surface area (Å²) in [5.41, 5.74) is 1.72. The van der Waals surface area contributed by atoms with Crippen LogP contribution >= 0.6 is 27.5 Å². The molecule has 0 spiro atoms. The Labute approximate surface area is 133 Å². The van der Waals surface area contributed by atoms with Crippen molar-refractivity contribution in [3.63, 3.8) is 0 Å². The van der Waals surface area contributed by atoms with Gasteiger partial charge in [-0.2, -0.15) is 0 Å². The van der Waals surface area contributed by atoms with E-state index in [0.29, 0.717) is 16.8 Å². The SMILES string of the molecule is [C-]#[N+]c1ccc(-c2nc(Cl)nc3ccc(Br)cc23)cc1F. The first-order chi connectivity index (χ1) is 10.1. The van der Waals surface area contributed by atoms with Gasteiger partial charge < -0.3 is 0 Å². The third kappa shape index (κ3) is 2.60. The normalized spacial score (nSPS) is 10.6. The molecule has 6 heteroatoms. The van der Waals surface area contributed by atoms with Crippen molar-refractivity contribution in [3.05, 3.63) is 63.4 Å². The molecule has 0 atom stereocenters. The number of hydrogen-bond donors (Lipinski definition) is 0. The van der Waals surface area contributed by atoms with Crippen LogP contribution in [-0.4, -0.2) is 9.97 Å². The number of rotatable bonds is 1. The Morgan fingerprint density at radius 3 is 2.67 bits per heavy atom. The first-order valence-electron chi connectivity index (χ1n) is 5.88. The van der Waals surface area contributed by atoms with Crippen molar-refractivity contribution >= 4 is 44.1 Å². The standard InChI is InChI=1S/C15H6BrClFN3/c1-19-13-4-2-8(6-11(13)18)14-10-7-9(16)3-5-12(10)20-15(17)21-14/h2-7H. The van der Waals surface area contributed by atoms with Crippen LogP contribution in [0, 0.1) is 12.4 Å². The monoisotopic (exact) mass is 361 g/mol. The van der Waals surface area contributed by atoms with Crippen molar-refractivity contribution in [1.29, 1.82) is 0 Å². The van der Waals surface area contributed by atoms with Gasteiger partial charge in [0.25, 0.3) is 0 Å². The second-order valence-electron chi connectivity index (χ2n) is 4.28. The van der Waals surface area contributed by atoms with Crippen LogP contribution in [-0.2, 0) is 0 Å². The molecule has 0 aliphatic heterocycles. The van der Waals surface area contributed by atoms with Gasteiger partial charge >= 0.3 is 0 Å². The summed E-state index contributed by atoms with van der Waals surface area (Å²) in [5.74, 6) is -0.583. The Hall–Kier alpha value is -2.03. The van der Waals surface area contributed by atoms with Gasteiger partial charge in [-0.3, -0.25) is 0 Å². The van der Waals surface area contributed by atoms with Gasteiger partial charge in [-0.1, -0.05) is 28.1 Å². The first kappa shape index (κ1) is 13.9. The highest BCUT2D eigenvalue weighted by Crippen LogP contribution is 2.31. The third-order valence-corrected chi connectivity index (χ3v) is 3.63. The van der Waals surface area contributed by atoms with Gasteiger partial charge in [-0.05, 0) is 35.9 Å². The lowest BCUT2D eigenvalue weighted by Gasteiger charge is -2.07. The van der Waals surface area contributed by atoms with Gasteiger partial charge in [-0.15, -0.1) is 0 Å². The molecule has 2 aromatic carbocycles. The average molecular weight is 363 g/mol. The van der Waals surface area contributed by atoms with E-state index in [2.05, 4.69) is 30.7 Å². The number of hydrogen-bond acceptors (Lipinski definition) is 2. The molecule has 3 aromatic rings. The summed E-state index contributed by atoms with van der Waals surface area (Å²) in [7, 11) is 0. The smallest absolute Gasteiger partial charge is 0.223 e. The Morgan fingerprint density at radius 2 is 1.95 bits per heavy atom. The number of fused-ring (bicyclic) bond motifs is 1. The van der Waals surface area contributed by atoms with Crippen LogP contribution < -0.4 is 0 Å². The molecule has 0 N–H and O–H groups in total. The third-order valence-electron chi connectivity index (χ3n) is 2.97. The van der Waals surface area contributed by atoms with Gasteiger partial charge in [0.1, 0.15) is 5.82 Å². The minimum absolute atomic E-state index is 0.0237. The maximum atomic E-state index is 13.8. The van der Waals surface area contributed by atoms with Crippen molar-refractivity contribution in [2.75, 3.05) is 0 Å². The quantitative estimate of drug-likeness (QED) is 0.428.